The van der Waals surface area contributed by atoms with Gasteiger partial charge in [-0.2, -0.15) is 0 Å². The highest BCUT2D eigenvalue weighted by Crippen LogP contribution is 2.12. The van der Waals surface area contributed by atoms with E-state index in [1.165, 1.54) is 5.56 Å². The van der Waals surface area contributed by atoms with E-state index in [0.717, 1.165) is 31.6 Å². The van der Waals surface area contributed by atoms with E-state index in [0.29, 0.717) is 19.7 Å². The smallest absolute Gasteiger partial charge is 0.234 e. The van der Waals surface area contributed by atoms with Crippen molar-refractivity contribution < 1.29 is 9.53 Å². The molecule has 1 aromatic rings. The lowest BCUT2D eigenvalue weighted by Crippen LogP contribution is -2.36. The molecule has 0 spiro atoms. The summed E-state index contributed by atoms with van der Waals surface area (Å²) >= 11 is 0. The minimum atomic E-state index is 0.0872. The Morgan fingerprint density at radius 2 is 2.14 bits per heavy atom. The number of carbonyl (C=O) groups excluding carboxylic acids is 1. The Kier molecular flexibility index (Phi) is 8.51. The average molecular weight is 292 g/mol. The molecule has 21 heavy (non-hydrogen) atoms. The monoisotopic (exact) mass is 292 g/mol. The van der Waals surface area contributed by atoms with Crippen LogP contribution in [0.25, 0.3) is 0 Å². The third-order valence-corrected chi connectivity index (χ3v) is 3.21. The summed E-state index contributed by atoms with van der Waals surface area (Å²) in [6.07, 6.45) is 3.11. The number of nitrogens with zero attached hydrogens (tertiary/aromatic N) is 1. The summed E-state index contributed by atoms with van der Waals surface area (Å²) in [6.45, 7) is 6.92. The second-order valence-electron chi connectivity index (χ2n) is 5.46. The van der Waals surface area contributed by atoms with Gasteiger partial charge in [-0.25, -0.2) is 0 Å². The number of likely N-dealkylation sites (N-methyl/N-ethyl adjacent to an activating group) is 1. The molecule has 0 atom stereocenters. The molecule has 4 nitrogen and oxygen atoms in total. The molecule has 0 aliphatic rings. The molecule has 0 unspecified atom stereocenters. The molecule has 1 N–H and O–H groups in total. The molecule has 0 bridgehead atoms. The van der Waals surface area contributed by atoms with E-state index in [4.69, 9.17) is 4.74 Å². The van der Waals surface area contributed by atoms with Gasteiger partial charge in [0.15, 0.2) is 0 Å². The number of ether oxygens (including phenoxy) is 1. The van der Waals surface area contributed by atoms with Gasteiger partial charge in [-0.15, -0.1) is 0 Å². The van der Waals surface area contributed by atoms with Gasteiger partial charge in [0.05, 0.1) is 13.2 Å². The van der Waals surface area contributed by atoms with Gasteiger partial charge in [-0.3, -0.25) is 9.69 Å². The molecule has 118 valence electrons. The van der Waals surface area contributed by atoms with E-state index < -0.39 is 0 Å². The summed E-state index contributed by atoms with van der Waals surface area (Å²) in [5.41, 5.74) is 1.19. The van der Waals surface area contributed by atoms with Crippen LogP contribution in [0, 0.1) is 6.92 Å². The van der Waals surface area contributed by atoms with Crippen LogP contribution in [0.5, 0.6) is 5.75 Å². The van der Waals surface area contributed by atoms with Crippen LogP contribution in [0.2, 0.25) is 0 Å². The molecule has 0 aliphatic carbocycles. The molecule has 0 saturated carbocycles. The molecular weight excluding hydrogens is 264 g/mol. The molecule has 0 radical (unpaired) electrons. The van der Waals surface area contributed by atoms with Gasteiger partial charge in [0, 0.05) is 6.54 Å². The lowest BCUT2D eigenvalue weighted by Gasteiger charge is -2.15. The van der Waals surface area contributed by atoms with Crippen LogP contribution in [0.4, 0.5) is 0 Å². The Balaban J connectivity index is 2.07. The predicted octanol–water partition coefficient (Wildman–Crippen LogP) is 2.61. The fourth-order valence-electron chi connectivity index (χ4n) is 2.00. The zero-order valence-electron chi connectivity index (χ0n) is 13.5. The van der Waals surface area contributed by atoms with Crippen LogP contribution >= 0.6 is 0 Å². The van der Waals surface area contributed by atoms with Crippen LogP contribution in [-0.4, -0.2) is 44.1 Å². The first kappa shape index (κ1) is 17.5. The second kappa shape index (κ2) is 10.2. The normalized spacial score (nSPS) is 10.7. The Morgan fingerprint density at radius 1 is 1.33 bits per heavy atom. The molecule has 1 aromatic carbocycles. The number of rotatable bonds is 10. The first-order chi connectivity index (χ1) is 10.1. The summed E-state index contributed by atoms with van der Waals surface area (Å²) in [5.74, 6) is 0.977. The Bertz CT molecular complexity index is 421. The van der Waals surface area contributed by atoms with Crippen LogP contribution in [0.15, 0.2) is 24.3 Å². The van der Waals surface area contributed by atoms with Crippen molar-refractivity contribution in [3.63, 3.8) is 0 Å². The van der Waals surface area contributed by atoms with Gasteiger partial charge in [0.25, 0.3) is 0 Å². The third kappa shape index (κ3) is 8.35. The quantitative estimate of drug-likeness (QED) is 0.674. The standard InChI is InChI=1S/C17H28N2O2/c1-4-5-11-19(3)14-17(20)18-10-7-12-21-16-9-6-8-15(2)13-16/h6,8-9,13H,4-5,7,10-12,14H2,1-3H3,(H,18,20). The van der Waals surface area contributed by atoms with E-state index in [1.54, 1.807) is 0 Å². The van der Waals surface area contributed by atoms with E-state index >= 15 is 0 Å². The van der Waals surface area contributed by atoms with Gasteiger partial charge in [-0.05, 0) is 51.1 Å². The van der Waals surface area contributed by atoms with Gasteiger partial charge < -0.3 is 10.1 Å². The van der Waals surface area contributed by atoms with Crippen LogP contribution in [-0.2, 0) is 4.79 Å². The van der Waals surface area contributed by atoms with Gasteiger partial charge in [0.2, 0.25) is 5.91 Å². The molecule has 1 amide bonds. The van der Waals surface area contributed by atoms with Crippen molar-refractivity contribution in [3.8, 4) is 5.75 Å². The largest absolute Gasteiger partial charge is 0.494 e. The molecular formula is C17H28N2O2. The van der Waals surface area contributed by atoms with Crippen LogP contribution in [0.3, 0.4) is 0 Å². The van der Waals surface area contributed by atoms with E-state index in [1.807, 2.05) is 38.2 Å². The van der Waals surface area contributed by atoms with Crippen molar-refractivity contribution in [3.05, 3.63) is 29.8 Å². The second-order valence-corrected chi connectivity index (χ2v) is 5.46. The predicted molar refractivity (Wildman–Crippen MR) is 86.7 cm³/mol. The first-order valence-electron chi connectivity index (χ1n) is 7.76. The van der Waals surface area contributed by atoms with Gasteiger partial charge in [0.1, 0.15) is 5.75 Å². The molecule has 0 saturated heterocycles. The van der Waals surface area contributed by atoms with Gasteiger partial charge in [-0.1, -0.05) is 25.5 Å². The summed E-state index contributed by atoms with van der Waals surface area (Å²) < 4.78 is 5.64. The number of unbranched alkanes of at least 4 members (excludes halogenated alkanes) is 1. The topological polar surface area (TPSA) is 41.6 Å². The Morgan fingerprint density at radius 3 is 2.86 bits per heavy atom. The number of amides is 1. The highest BCUT2D eigenvalue weighted by atomic mass is 16.5. The fourth-order valence-corrected chi connectivity index (χ4v) is 2.00. The average Bonchev–Trinajstić information content (AvgIpc) is 2.45. The van der Waals surface area contributed by atoms with E-state index in [2.05, 4.69) is 17.1 Å². The molecule has 0 fully saturated rings. The molecule has 4 heteroatoms. The number of nitrogens with one attached hydrogen (secondary N) is 1. The highest BCUT2D eigenvalue weighted by Gasteiger charge is 2.05. The maximum absolute atomic E-state index is 11.7. The lowest BCUT2D eigenvalue weighted by molar-refractivity contribution is -0.121. The summed E-state index contributed by atoms with van der Waals surface area (Å²) in [7, 11) is 1.98. The molecule has 0 heterocycles. The maximum atomic E-state index is 11.7. The minimum Gasteiger partial charge on any atom is -0.494 e. The Hall–Kier alpha value is -1.55. The SMILES string of the molecule is CCCCN(C)CC(=O)NCCCOc1cccc(C)c1. The zero-order valence-corrected chi connectivity index (χ0v) is 13.5. The van der Waals surface area contributed by atoms with Crippen LogP contribution in [0.1, 0.15) is 31.7 Å². The number of hydrogen-bond donors (Lipinski definition) is 1. The molecule has 0 aliphatic heterocycles. The molecule has 0 aromatic heterocycles. The number of hydrogen-bond acceptors (Lipinski definition) is 3. The first-order valence-corrected chi connectivity index (χ1v) is 7.76. The minimum absolute atomic E-state index is 0.0872. The van der Waals surface area contributed by atoms with E-state index in [9.17, 15) is 4.79 Å². The number of aryl methyl sites for hydroxylation is 1. The third-order valence-electron chi connectivity index (χ3n) is 3.21. The Labute approximate surface area is 128 Å². The van der Waals surface area contributed by atoms with Crippen molar-refractivity contribution in [2.45, 2.75) is 33.1 Å². The summed E-state index contributed by atoms with van der Waals surface area (Å²) in [6, 6.07) is 8.00. The van der Waals surface area contributed by atoms with Crippen LogP contribution < -0.4 is 10.1 Å². The van der Waals surface area contributed by atoms with Crippen molar-refractivity contribution in [1.29, 1.82) is 0 Å². The fraction of sp³-hybridized carbons (Fsp3) is 0.588. The van der Waals surface area contributed by atoms with Gasteiger partial charge >= 0.3 is 0 Å². The van der Waals surface area contributed by atoms with Crippen molar-refractivity contribution in [2.24, 2.45) is 0 Å². The lowest BCUT2D eigenvalue weighted by atomic mass is 10.2. The zero-order chi connectivity index (χ0) is 15.5. The maximum Gasteiger partial charge on any atom is 0.234 e. The molecule has 1 rings (SSSR count). The number of carbonyl (C=O) groups is 1. The van der Waals surface area contributed by atoms with Crippen molar-refractivity contribution >= 4 is 5.91 Å². The number of benzene rings is 1. The van der Waals surface area contributed by atoms with Crippen molar-refractivity contribution in [1.82, 2.24) is 10.2 Å². The van der Waals surface area contributed by atoms with Crippen molar-refractivity contribution in [2.75, 3.05) is 33.3 Å². The summed E-state index contributed by atoms with van der Waals surface area (Å²) in [5, 5.41) is 2.93. The van der Waals surface area contributed by atoms with E-state index in [-0.39, 0.29) is 5.91 Å². The highest BCUT2D eigenvalue weighted by molar-refractivity contribution is 5.77. The summed E-state index contributed by atoms with van der Waals surface area (Å²) in [4.78, 5) is 13.8.